The second kappa shape index (κ2) is 6.99. The van der Waals surface area contributed by atoms with Gasteiger partial charge in [-0.05, 0) is 23.7 Å². The first-order chi connectivity index (χ1) is 9.98. The zero-order valence-electron chi connectivity index (χ0n) is 15.2. The van der Waals surface area contributed by atoms with E-state index in [0.29, 0.717) is 0 Å². The number of likely N-dealkylation sites (tertiary alicyclic amines) is 1. The Hall–Kier alpha value is -1.10. The van der Waals surface area contributed by atoms with Crippen molar-refractivity contribution in [1.82, 2.24) is 10.2 Å². The molecule has 0 bridgehead atoms. The number of amides is 2. The van der Waals surface area contributed by atoms with E-state index in [2.05, 4.69) is 26.1 Å². The van der Waals surface area contributed by atoms with Gasteiger partial charge in [-0.25, -0.2) is 0 Å². The predicted octanol–water partition coefficient (Wildman–Crippen LogP) is 2.20. The Morgan fingerprint density at radius 2 is 1.82 bits per heavy atom. The van der Waals surface area contributed by atoms with Gasteiger partial charge in [-0.15, -0.1) is 0 Å². The molecule has 2 atom stereocenters. The number of rotatable bonds is 4. The number of hydrogen-bond acceptors (Lipinski definition) is 3. The lowest BCUT2D eigenvalue weighted by molar-refractivity contribution is -0.142. The first kappa shape index (κ1) is 18.9. The van der Waals surface area contributed by atoms with Crippen molar-refractivity contribution in [2.75, 3.05) is 20.3 Å². The van der Waals surface area contributed by atoms with Crippen molar-refractivity contribution in [3.63, 3.8) is 0 Å². The fraction of sp³-hybridized carbons (Fsp3) is 0.882. The van der Waals surface area contributed by atoms with Gasteiger partial charge in [0.05, 0.1) is 0 Å². The highest BCUT2D eigenvalue weighted by molar-refractivity contribution is 5.89. The number of hydrogen-bond donors (Lipinski definition) is 1. The summed E-state index contributed by atoms with van der Waals surface area (Å²) in [6.07, 6.45) is 2.05. The Labute approximate surface area is 134 Å². The molecule has 0 saturated carbocycles. The summed E-state index contributed by atoms with van der Waals surface area (Å²) in [6, 6.07) is -0.303. The molecule has 1 rings (SSSR count). The molecule has 128 valence electrons. The molecule has 22 heavy (non-hydrogen) atoms. The molecule has 2 amide bonds. The second-order valence-electron chi connectivity index (χ2n) is 8.36. The number of carbonyl (C=O) groups is 2. The maximum atomic E-state index is 13.1. The normalized spacial score (nSPS) is 20.9. The SMILES string of the molecule is COCC(=O)NC(C(=O)N1CCCC1C(C)(C)C)C(C)(C)C. The molecular formula is C17H32N2O3. The van der Waals surface area contributed by atoms with Crippen LogP contribution in [0.4, 0.5) is 0 Å². The van der Waals surface area contributed by atoms with Gasteiger partial charge in [0.2, 0.25) is 11.8 Å². The lowest BCUT2D eigenvalue weighted by atomic mass is 9.82. The quantitative estimate of drug-likeness (QED) is 0.866. The van der Waals surface area contributed by atoms with E-state index < -0.39 is 6.04 Å². The van der Waals surface area contributed by atoms with Gasteiger partial charge in [0.1, 0.15) is 12.6 Å². The van der Waals surface area contributed by atoms with E-state index in [1.54, 1.807) is 0 Å². The van der Waals surface area contributed by atoms with Crippen LogP contribution in [-0.2, 0) is 14.3 Å². The van der Waals surface area contributed by atoms with E-state index in [9.17, 15) is 9.59 Å². The topological polar surface area (TPSA) is 58.6 Å². The maximum absolute atomic E-state index is 13.1. The van der Waals surface area contributed by atoms with Crippen LogP contribution >= 0.6 is 0 Å². The molecule has 2 unspecified atom stereocenters. The molecule has 0 spiro atoms. The minimum atomic E-state index is -0.530. The van der Waals surface area contributed by atoms with E-state index >= 15 is 0 Å². The lowest BCUT2D eigenvalue weighted by Crippen LogP contribution is -2.57. The summed E-state index contributed by atoms with van der Waals surface area (Å²) in [5.74, 6) is -0.225. The Morgan fingerprint density at radius 1 is 1.23 bits per heavy atom. The van der Waals surface area contributed by atoms with Gasteiger partial charge in [-0.2, -0.15) is 0 Å². The van der Waals surface area contributed by atoms with Crippen LogP contribution in [0, 0.1) is 10.8 Å². The number of nitrogens with one attached hydrogen (secondary N) is 1. The van der Waals surface area contributed by atoms with Gasteiger partial charge in [-0.1, -0.05) is 41.5 Å². The summed E-state index contributed by atoms with van der Waals surface area (Å²) < 4.78 is 4.86. The predicted molar refractivity (Wildman–Crippen MR) is 87.5 cm³/mol. The molecular weight excluding hydrogens is 280 g/mol. The fourth-order valence-corrected chi connectivity index (χ4v) is 3.08. The third kappa shape index (κ3) is 4.70. The van der Waals surface area contributed by atoms with E-state index in [1.807, 2.05) is 25.7 Å². The molecule has 0 aromatic rings. The van der Waals surface area contributed by atoms with Gasteiger partial charge in [-0.3, -0.25) is 9.59 Å². The van der Waals surface area contributed by atoms with Gasteiger partial charge < -0.3 is 15.0 Å². The molecule has 0 radical (unpaired) electrons. The van der Waals surface area contributed by atoms with Crippen LogP contribution in [0.2, 0.25) is 0 Å². The Kier molecular flexibility index (Phi) is 6.02. The summed E-state index contributed by atoms with van der Waals surface area (Å²) in [5, 5.41) is 2.85. The highest BCUT2D eigenvalue weighted by atomic mass is 16.5. The average Bonchev–Trinajstić information content (AvgIpc) is 2.83. The van der Waals surface area contributed by atoms with E-state index in [1.165, 1.54) is 7.11 Å². The van der Waals surface area contributed by atoms with Crippen molar-refractivity contribution < 1.29 is 14.3 Å². The Balaban J connectivity index is 2.95. The van der Waals surface area contributed by atoms with Crippen LogP contribution in [0.3, 0.4) is 0 Å². The number of nitrogens with zero attached hydrogens (tertiary/aromatic N) is 1. The molecule has 1 aliphatic rings. The number of ether oxygens (including phenoxy) is 1. The number of carbonyl (C=O) groups excluding carboxylic acids is 2. The highest BCUT2D eigenvalue weighted by Gasteiger charge is 2.42. The minimum absolute atomic E-state index is 0.0226. The van der Waals surface area contributed by atoms with Crippen molar-refractivity contribution in [3.8, 4) is 0 Å². The van der Waals surface area contributed by atoms with Crippen LogP contribution in [0.5, 0.6) is 0 Å². The van der Waals surface area contributed by atoms with Gasteiger partial charge in [0, 0.05) is 19.7 Å². The molecule has 1 aliphatic heterocycles. The Morgan fingerprint density at radius 3 is 2.27 bits per heavy atom. The van der Waals surface area contributed by atoms with E-state index in [4.69, 9.17) is 4.74 Å². The zero-order chi connectivity index (χ0) is 17.1. The molecule has 1 N–H and O–H groups in total. The molecule has 1 fully saturated rings. The van der Waals surface area contributed by atoms with Gasteiger partial charge >= 0.3 is 0 Å². The maximum Gasteiger partial charge on any atom is 0.246 e. The third-order valence-corrected chi connectivity index (χ3v) is 4.23. The summed E-state index contributed by atoms with van der Waals surface area (Å²) in [6.45, 7) is 13.2. The van der Waals surface area contributed by atoms with Crippen LogP contribution < -0.4 is 5.32 Å². The summed E-state index contributed by atoms with van der Waals surface area (Å²) in [7, 11) is 1.48. The monoisotopic (exact) mass is 312 g/mol. The molecule has 5 heteroatoms. The highest BCUT2D eigenvalue weighted by Crippen LogP contribution is 2.34. The van der Waals surface area contributed by atoms with Crippen LogP contribution in [-0.4, -0.2) is 49.1 Å². The molecule has 0 aromatic heterocycles. The first-order valence-corrected chi connectivity index (χ1v) is 8.07. The van der Waals surface area contributed by atoms with Crippen molar-refractivity contribution in [1.29, 1.82) is 0 Å². The fourth-order valence-electron chi connectivity index (χ4n) is 3.08. The van der Waals surface area contributed by atoms with Crippen molar-refractivity contribution in [2.24, 2.45) is 10.8 Å². The largest absolute Gasteiger partial charge is 0.375 e. The molecule has 0 aromatic carbocycles. The summed E-state index contributed by atoms with van der Waals surface area (Å²) >= 11 is 0. The molecule has 5 nitrogen and oxygen atoms in total. The molecule has 1 heterocycles. The van der Waals surface area contributed by atoms with E-state index in [0.717, 1.165) is 19.4 Å². The van der Waals surface area contributed by atoms with Gasteiger partial charge in [0.15, 0.2) is 0 Å². The van der Waals surface area contributed by atoms with Crippen LogP contribution in [0.25, 0.3) is 0 Å². The van der Waals surface area contributed by atoms with Gasteiger partial charge in [0.25, 0.3) is 0 Å². The standard InChI is InChI=1S/C17H32N2O3/c1-16(2,3)12-9-8-10-19(12)15(21)14(17(4,5)6)18-13(20)11-22-7/h12,14H,8-11H2,1-7H3,(H,18,20). The number of methoxy groups -OCH3 is 1. The molecule has 0 aliphatic carbocycles. The third-order valence-electron chi connectivity index (χ3n) is 4.23. The average molecular weight is 312 g/mol. The summed E-state index contributed by atoms with van der Waals surface area (Å²) in [5.41, 5.74) is -0.295. The van der Waals surface area contributed by atoms with Crippen LogP contribution in [0.1, 0.15) is 54.4 Å². The summed E-state index contributed by atoms with van der Waals surface area (Å²) in [4.78, 5) is 26.9. The van der Waals surface area contributed by atoms with E-state index in [-0.39, 0.29) is 35.3 Å². The second-order valence-corrected chi connectivity index (χ2v) is 8.36. The van der Waals surface area contributed by atoms with Crippen molar-refractivity contribution in [2.45, 2.75) is 66.5 Å². The zero-order valence-corrected chi connectivity index (χ0v) is 15.2. The van der Waals surface area contributed by atoms with Crippen molar-refractivity contribution >= 4 is 11.8 Å². The lowest BCUT2D eigenvalue weighted by Gasteiger charge is -2.40. The minimum Gasteiger partial charge on any atom is -0.375 e. The van der Waals surface area contributed by atoms with Crippen LogP contribution in [0.15, 0.2) is 0 Å². The smallest absolute Gasteiger partial charge is 0.246 e. The Bertz CT molecular complexity index is 407. The first-order valence-electron chi connectivity index (χ1n) is 8.07. The molecule has 1 saturated heterocycles. The van der Waals surface area contributed by atoms with Crippen molar-refractivity contribution in [3.05, 3.63) is 0 Å².